The van der Waals surface area contributed by atoms with Crippen LogP contribution in [0, 0.1) is 10.1 Å². The van der Waals surface area contributed by atoms with Gasteiger partial charge in [0.05, 0.1) is 30.2 Å². The summed E-state index contributed by atoms with van der Waals surface area (Å²) < 4.78 is 9.57. The molecular weight excluding hydrogens is 264 g/mol. The first-order valence-corrected chi connectivity index (χ1v) is 6.25. The van der Waals surface area contributed by atoms with Crippen molar-refractivity contribution >= 4 is 5.97 Å². The van der Waals surface area contributed by atoms with Gasteiger partial charge in [0.2, 0.25) is 0 Å². The monoisotopic (exact) mass is 280 g/mol. The van der Waals surface area contributed by atoms with E-state index in [4.69, 9.17) is 4.74 Å². The van der Waals surface area contributed by atoms with Gasteiger partial charge in [0.1, 0.15) is 0 Å². The zero-order valence-corrected chi connectivity index (χ0v) is 11.1. The van der Waals surface area contributed by atoms with Gasteiger partial charge in [-0.1, -0.05) is 18.2 Å². The van der Waals surface area contributed by atoms with E-state index in [1.165, 1.54) is 7.11 Å². The normalized spacial score (nSPS) is 26.6. The molecule has 108 valence electrons. The minimum atomic E-state index is -0.771. The summed E-state index contributed by atoms with van der Waals surface area (Å²) >= 11 is 0. The number of rotatable bonds is 2. The number of hydrogen-bond donors (Lipinski definition) is 0. The van der Waals surface area contributed by atoms with E-state index in [9.17, 15) is 14.9 Å². The van der Waals surface area contributed by atoms with Gasteiger partial charge < -0.3 is 9.47 Å². The summed E-state index contributed by atoms with van der Waals surface area (Å²) in [5, 5.41) is 10.2. The van der Waals surface area contributed by atoms with Gasteiger partial charge in [0, 0.05) is 13.1 Å². The molecule has 20 heavy (non-hydrogen) atoms. The number of morpholine rings is 2. The molecule has 0 radical (unpaired) electrons. The van der Waals surface area contributed by atoms with E-state index in [2.05, 4.69) is 4.74 Å². The highest BCUT2D eigenvalue weighted by atomic mass is 16.7. The Morgan fingerprint density at radius 1 is 1.35 bits per heavy atom. The molecule has 0 aromatic heterocycles. The van der Waals surface area contributed by atoms with Gasteiger partial charge in [0.15, 0.2) is 0 Å². The van der Waals surface area contributed by atoms with Crippen LogP contribution in [0.5, 0.6) is 0 Å². The number of carbonyl (C=O) groups is 1. The third-order valence-corrected chi connectivity index (χ3v) is 3.12. The molecule has 3 saturated heterocycles. The average molecular weight is 280 g/mol. The summed E-state index contributed by atoms with van der Waals surface area (Å²) in [7, 11) is 1.37. The molecule has 0 saturated carbocycles. The summed E-state index contributed by atoms with van der Waals surface area (Å²) in [6.45, 7) is 2.22. The number of benzene rings is 1. The Morgan fingerprint density at radius 3 is 2.40 bits per heavy atom. The van der Waals surface area contributed by atoms with Crippen molar-refractivity contribution in [2.24, 2.45) is 0 Å². The molecule has 3 aliphatic heterocycles. The van der Waals surface area contributed by atoms with Gasteiger partial charge in [-0.3, -0.25) is 15.0 Å². The lowest BCUT2D eigenvalue weighted by Crippen LogP contribution is -2.63. The SMILES string of the molecule is COC(=O)c1ccccc1.O=[N+]([O-])C1CN2CC(C2)O1. The molecule has 0 spiro atoms. The van der Waals surface area contributed by atoms with Crippen molar-refractivity contribution in [2.45, 2.75) is 12.3 Å². The topological polar surface area (TPSA) is 81.9 Å². The van der Waals surface area contributed by atoms with Crippen LogP contribution in [0.2, 0.25) is 0 Å². The maximum atomic E-state index is 10.8. The van der Waals surface area contributed by atoms with Crippen molar-refractivity contribution in [3.05, 3.63) is 46.0 Å². The molecule has 1 aromatic rings. The van der Waals surface area contributed by atoms with E-state index in [0.29, 0.717) is 12.1 Å². The second kappa shape index (κ2) is 6.44. The van der Waals surface area contributed by atoms with E-state index < -0.39 is 6.23 Å². The number of hydrogen-bond acceptors (Lipinski definition) is 6. The van der Waals surface area contributed by atoms with Crippen LogP contribution in [-0.2, 0) is 9.47 Å². The molecule has 7 heteroatoms. The lowest BCUT2D eigenvalue weighted by atomic mass is 10.1. The lowest BCUT2D eigenvalue weighted by molar-refractivity contribution is -0.593. The van der Waals surface area contributed by atoms with E-state index in [1.54, 1.807) is 24.3 Å². The molecule has 0 amide bonds. The Morgan fingerprint density at radius 2 is 2.00 bits per heavy atom. The van der Waals surface area contributed by atoms with Crippen LogP contribution in [-0.4, -0.2) is 54.9 Å². The molecule has 3 fully saturated rings. The third-order valence-electron chi connectivity index (χ3n) is 3.12. The zero-order valence-electron chi connectivity index (χ0n) is 11.1. The van der Waals surface area contributed by atoms with Crippen molar-refractivity contribution in [2.75, 3.05) is 26.7 Å². The van der Waals surface area contributed by atoms with Gasteiger partial charge >= 0.3 is 12.2 Å². The number of nitro groups is 1. The van der Waals surface area contributed by atoms with Crippen LogP contribution >= 0.6 is 0 Å². The Hall–Kier alpha value is -1.99. The highest BCUT2D eigenvalue weighted by molar-refractivity contribution is 5.89. The van der Waals surface area contributed by atoms with Crippen molar-refractivity contribution in [3.8, 4) is 0 Å². The molecule has 3 heterocycles. The van der Waals surface area contributed by atoms with Crippen molar-refractivity contribution < 1.29 is 19.2 Å². The molecule has 3 aliphatic rings. The van der Waals surface area contributed by atoms with Gasteiger partial charge in [-0.05, 0) is 12.1 Å². The maximum Gasteiger partial charge on any atom is 0.337 e. The summed E-state index contributed by atoms with van der Waals surface area (Å²) in [6, 6.07) is 8.88. The van der Waals surface area contributed by atoms with Crippen molar-refractivity contribution in [3.63, 3.8) is 0 Å². The number of fused-ring (bicyclic) bond motifs is 2. The number of nitrogens with zero attached hydrogens (tertiary/aromatic N) is 2. The van der Waals surface area contributed by atoms with Crippen molar-refractivity contribution in [1.29, 1.82) is 0 Å². The molecule has 7 nitrogen and oxygen atoms in total. The average Bonchev–Trinajstić information content (AvgIpc) is 2.47. The van der Waals surface area contributed by atoms with Gasteiger partial charge in [-0.2, -0.15) is 0 Å². The summed E-state index contributed by atoms with van der Waals surface area (Å²) in [5.74, 6) is -0.291. The van der Waals surface area contributed by atoms with Crippen LogP contribution in [0.3, 0.4) is 0 Å². The minimum absolute atomic E-state index is 0.129. The smallest absolute Gasteiger partial charge is 0.337 e. The minimum Gasteiger partial charge on any atom is -0.465 e. The number of ether oxygens (including phenoxy) is 2. The van der Waals surface area contributed by atoms with E-state index >= 15 is 0 Å². The fourth-order valence-corrected chi connectivity index (χ4v) is 2.05. The molecule has 0 N–H and O–H groups in total. The Bertz CT molecular complexity index is 463. The first-order chi connectivity index (χ1) is 9.60. The van der Waals surface area contributed by atoms with Gasteiger partial charge in [-0.15, -0.1) is 0 Å². The van der Waals surface area contributed by atoms with Crippen LogP contribution in [0.15, 0.2) is 30.3 Å². The predicted octanol–water partition coefficient (Wildman–Crippen LogP) is 0.777. The van der Waals surface area contributed by atoms with E-state index in [-0.39, 0.29) is 17.0 Å². The van der Waals surface area contributed by atoms with Crippen LogP contribution in [0.4, 0.5) is 0 Å². The fraction of sp³-hybridized carbons (Fsp3) is 0.462. The lowest BCUT2D eigenvalue weighted by Gasteiger charge is -2.44. The first kappa shape index (κ1) is 14.4. The second-order valence-electron chi connectivity index (χ2n) is 4.57. The van der Waals surface area contributed by atoms with Crippen LogP contribution in [0.1, 0.15) is 10.4 Å². The molecule has 1 atom stereocenters. The molecule has 0 aliphatic carbocycles. The highest BCUT2D eigenvalue weighted by Crippen LogP contribution is 2.20. The summed E-state index contributed by atoms with van der Waals surface area (Å²) in [6.07, 6.45) is -0.642. The molecule has 4 rings (SSSR count). The second-order valence-corrected chi connectivity index (χ2v) is 4.57. The summed E-state index contributed by atoms with van der Waals surface area (Å²) in [4.78, 5) is 22.6. The van der Waals surface area contributed by atoms with E-state index in [1.807, 2.05) is 11.0 Å². The molecule has 2 bridgehead atoms. The Labute approximate surface area is 116 Å². The van der Waals surface area contributed by atoms with Crippen LogP contribution < -0.4 is 0 Å². The Kier molecular flexibility index (Phi) is 4.65. The van der Waals surface area contributed by atoms with E-state index in [0.717, 1.165) is 13.1 Å². The van der Waals surface area contributed by atoms with Crippen LogP contribution in [0.25, 0.3) is 0 Å². The fourth-order valence-electron chi connectivity index (χ4n) is 2.05. The molecule has 1 unspecified atom stereocenters. The summed E-state index contributed by atoms with van der Waals surface area (Å²) in [5.41, 5.74) is 0.588. The largest absolute Gasteiger partial charge is 0.465 e. The van der Waals surface area contributed by atoms with Gasteiger partial charge in [0.25, 0.3) is 0 Å². The maximum absolute atomic E-state index is 10.8. The number of methoxy groups -OCH3 is 1. The Balaban J connectivity index is 0.000000147. The predicted molar refractivity (Wildman–Crippen MR) is 69.9 cm³/mol. The first-order valence-electron chi connectivity index (χ1n) is 6.25. The highest BCUT2D eigenvalue weighted by Gasteiger charge is 2.42. The zero-order chi connectivity index (χ0) is 14.5. The number of esters is 1. The van der Waals surface area contributed by atoms with Crippen molar-refractivity contribution in [1.82, 2.24) is 4.90 Å². The molecule has 1 aromatic carbocycles. The standard InChI is InChI=1S/C8H8O2.C5H8N2O3/c1-10-8(9)7-5-3-2-4-6-7;8-7(9)5-3-6-1-4(2-6)10-5/h2-6H,1H3;4-5H,1-3H2. The number of carbonyl (C=O) groups excluding carboxylic acids is 1. The quantitative estimate of drug-likeness (QED) is 0.452. The third kappa shape index (κ3) is 3.52. The van der Waals surface area contributed by atoms with Gasteiger partial charge in [-0.25, -0.2) is 4.79 Å². The molecular formula is C13H16N2O5.